The Bertz CT molecular complexity index is 1220. The minimum absolute atomic E-state index is 0.220. The van der Waals surface area contributed by atoms with Crippen LogP contribution in [0, 0.1) is 5.82 Å². The average Bonchev–Trinajstić information content (AvgIpc) is 3.17. The zero-order valence-corrected chi connectivity index (χ0v) is 14.6. The topological polar surface area (TPSA) is 82.1 Å². The summed E-state index contributed by atoms with van der Waals surface area (Å²) in [6, 6.07) is 12.5. The maximum Gasteiger partial charge on any atom is 0.419 e. The highest BCUT2D eigenvalue weighted by Crippen LogP contribution is 2.22. The lowest BCUT2D eigenvalue weighted by Gasteiger charge is -2.03. The van der Waals surface area contributed by atoms with E-state index in [2.05, 4.69) is 10.4 Å². The number of fused-ring (bicyclic) bond motifs is 1. The number of aryl methyl sites for hydroxylation is 2. The molecule has 0 spiro atoms. The fourth-order valence-corrected chi connectivity index (χ4v) is 2.87. The summed E-state index contributed by atoms with van der Waals surface area (Å²) in [6.07, 6.45) is 0. The first-order valence-corrected chi connectivity index (χ1v) is 8.13. The van der Waals surface area contributed by atoms with E-state index in [1.165, 1.54) is 16.7 Å². The summed E-state index contributed by atoms with van der Waals surface area (Å²) in [5.41, 5.74) is 3.19. The number of halogens is 1. The maximum absolute atomic E-state index is 13.1. The molecule has 4 aromatic rings. The molecule has 0 radical (unpaired) electrons. The number of benzene rings is 2. The molecular weight excluding hydrogens is 351 g/mol. The number of nitrogens with one attached hydrogen (secondary N) is 1. The van der Waals surface area contributed by atoms with Gasteiger partial charge in [-0.1, -0.05) is 0 Å². The molecule has 2 heterocycles. The van der Waals surface area contributed by atoms with Gasteiger partial charge in [0.1, 0.15) is 5.82 Å². The normalized spacial score (nSPS) is 11.1. The average molecular weight is 366 g/mol. The second-order valence-electron chi connectivity index (χ2n) is 6.11. The van der Waals surface area contributed by atoms with Crippen molar-refractivity contribution in [3.8, 4) is 11.3 Å². The Kier molecular flexibility index (Phi) is 3.88. The van der Waals surface area contributed by atoms with Gasteiger partial charge in [-0.3, -0.25) is 14.0 Å². The van der Waals surface area contributed by atoms with Crippen molar-refractivity contribution < 1.29 is 13.6 Å². The molecule has 1 N–H and O–H groups in total. The van der Waals surface area contributed by atoms with Crippen LogP contribution in [0.25, 0.3) is 22.4 Å². The van der Waals surface area contributed by atoms with Crippen LogP contribution >= 0.6 is 0 Å². The van der Waals surface area contributed by atoms with Crippen LogP contribution in [0.5, 0.6) is 0 Å². The van der Waals surface area contributed by atoms with Crippen LogP contribution in [0.2, 0.25) is 0 Å². The Morgan fingerprint density at radius 2 is 1.85 bits per heavy atom. The second kappa shape index (κ2) is 6.24. The monoisotopic (exact) mass is 366 g/mol. The Morgan fingerprint density at radius 1 is 1.11 bits per heavy atom. The molecule has 2 aromatic heterocycles. The van der Waals surface area contributed by atoms with Crippen LogP contribution in [-0.4, -0.2) is 20.3 Å². The molecule has 4 rings (SSSR count). The Balaban J connectivity index is 1.62. The van der Waals surface area contributed by atoms with Gasteiger partial charge in [-0.25, -0.2) is 9.18 Å². The van der Waals surface area contributed by atoms with Crippen molar-refractivity contribution in [1.29, 1.82) is 0 Å². The number of carbonyl (C=O) groups is 1. The summed E-state index contributed by atoms with van der Waals surface area (Å²) in [7, 11) is 3.30. The number of amides is 1. The van der Waals surface area contributed by atoms with E-state index < -0.39 is 11.7 Å². The van der Waals surface area contributed by atoms with Gasteiger partial charge in [0.15, 0.2) is 11.3 Å². The Labute approximate surface area is 152 Å². The summed E-state index contributed by atoms with van der Waals surface area (Å²) in [4.78, 5) is 24.1. The first-order valence-electron chi connectivity index (χ1n) is 8.13. The molecule has 136 valence electrons. The molecular formula is C19H15FN4O3. The maximum atomic E-state index is 13.1. The van der Waals surface area contributed by atoms with Crippen molar-refractivity contribution in [3.05, 3.63) is 70.6 Å². The van der Waals surface area contributed by atoms with Gasteiger partial charge >= 0.3 is 5.76 Å². The van der Waals surface area contributed by atoms with Crippen LogP contribution in [0.1, 0.15) is 10.5 Å². The highest BCUT2D eigenvalue weighted by atomic mass is 19.1. The number of carbonyl (C=O) groups excluding carboxylic acids is 1. The summed E-state index contributed by atoms with van der Waals surface area (Å²) in [6.45, 7) is 0. The predicted molar refractivity (Wildman–Crippen MR) is 98.0 cm³/mol. The van der Waals surface area contributed by atoms with Crippen LogP contribution in [0.4, 0.5) is 10.1 Å². The van der Waals surface area contributed by atoms with Gasteiger partial charge in [-0.05, 0) is 54.1 Å². The van der Waals surface area contributed by atoms with Crippen molar-refractivity contribution in [3.63, 3.8) is 0 Å². The van der Waals surface area contributed by atoms with E-state index in [1.54, 1.807) is 55.2 Å². The number of anilines is 1. The zero-order chi connectivity index (χ0) is 19.1. The highest BCUT2D eigenvalue weighted by Gasteiger charge is 2.15. The molecule has 0 aliphatic carbocycles. The van der Waals surface area contributed by atoms with Crippen LogP contribution in [-0.2, 0) is 14.1 Å². The van der Waals surface area contributed by atoms with Crippen molar-refractivity contribution in [1.82, 2.24) is 14.3 Å². The molecule has 0 saturated heterocycles. The summed E-state index contributed by atoms with van der Waals surface area (Å²) in [5.74, 6) is -1.20. The SMILES string of the molecule is Cn1nc(C(=O)Nc2ccc3oc(=O)n(C)c3c2)cc1-c1ccc(F)cc1. The van der Waals surface area contributed by atoms with E-state index in [9.17, 15) is 14.0 Å². The van der Waals surface area contributed by atoms with Crippen LogP contribution in [0.15, 0.2) is 57.7 Å². The molecule has 0 aliphatic rings. The molecule has 27 heavy (non-hydrogen) atoms. The van der Waals surface area contributed by atoms with Crippen molar-refractivity contribution in [2.24, 2.45) is 14.1 Å². The van der Waals surface area contributed by atoms with E-state index in [1.807, 2.05) is 0 Å². The van der Waals surface area contributed by atoms with Crippen molar-refractivity contribution >= 4 is 22.7 Å². The third kappa shape index (κ3) is 3.01. The van der Waals surface area contributed by atoms with Gasteiger partial charge in [0.05, 0.1) is 11.2 Å². The second-order valence-corrected chi connectivity index (χ2v) is 6.11. The summed E-state index contributed by atoms with van der Waals surface area (Å²) in [5, 5.41) is 6.98. The number of hydrogen-bond acceptors (Lipinski definition) is 4. The number of nitrogens with zero attached hydrogens (tertiary/aromatic N) is 3. The van der Waals surface area contributed by atoms with Gasteiger partial charge in [0.25, 0.3) is 5.91 Å². The number of oxazole rings is 1. The fraction of sp³-hybridized carbons (Fsp3) is 0.105. The van der Waals surface area contributed by atoms with E-state index in [0.29, 0.717) is 22.5 Å². The molecule has 0 bridgehead atoms. The van der Waals surface area contributed by atoms with E-state index in [4.69, 9.17) is 4.42 Å². The first-order chi connectivity index (χ1) is 12.9. The molecule has 7 nitrogen and oxygen atoms in total. The highest BCUT2D eigenvalue weighted by molar-refractivity contribution is 6.04. The lowest BCUT2D eigenvalue weighted by molar-refractivity contribution is 0.102. The Hall–Kier alpha value is -3.68. The van der Waals surface area contributed by atoms with E-state index >= 15 is 0 Å². The first kappa shape index (κ1) is 16.8. The largest absolute Gasteiger partial charge is 0.419 e. The van der Waals surface area contributed by atoms with Gasteiger partial charge in [0.2, 0.25) is 0 Å². The van der Waals surface area contributed by atoms with Gasteiger partial charge < -0.3 is 9.73 Å². The number of aromatic nitrogens is 3. The molecule has 0 fully saturated rings. The smallest absolute Gasteiger partial charge is 0.408 e. The molecule has 0 saturated carbocycles. The lowest BCUT2D eigenvalue weighted by atomic mass is 10.1. The zero-order valence-electron chi connectivity index (χ0n) is 14.6. The predicted octanol–water partition coefficient (Wildman–Crippen LogP) is 2.92. The molecule has 2 aromatic carbocycles. The third-order valence-electron chi connectivity index (χ3n) is 4.30. The van der Waals surface area contributed by atoms with Crippen molar-refractivity contribution in [2.45, 2.75) is 0 Å². The van der Waals surface area contributed by atoms with Crippen LogP contribution < -0.4 is 11.1 Å². The van der Waals surface area contributed by atoms with E-state index in [-0.39, 0.29) is 11.5 Å². The minimum atomic E-state index is -0.470. The van der Waals surface area contributed by atoms with E-state index in [0.717, 1.165) is 5.56 Å². The van der Waals surface area contributed by atoms with Gasteiger partial charge in [0, 0.05) is 19.8 Å². The van der Waals surface area contributed by atoms with Crippen molar-refractivity contribution in [2.75, 3.05) is 5.32 Å². The Morgan fingerprint density at radius 3 is 2.59 bits per heavy atom. The standard InChI is InChI=1S/C19H15FN4O3/c1-23-16-9-13(7-8-17(16)27-19(23)26)21-18(25)14-10-15(24(2)22-14)11-3-5-12(20)6-4-11/h3-10H,1-2H3,(H,21,25). The number of rotatable bonds is 3. The molecule has 0 atom stereocenters. The quantitative estimate of drug-likeness (QED) is 0.604. The lowest BCUT2D eigenvalue weighted by Crippen LogP contribution is -2.13. The summed E-state index contributed by atoms with van der Waals surface area (Å²) >= 11 is 0. The van der Waals surface area contributed by atoms with Crippen LogP contribution in [0.3, 0.4) is 0 Å². The summed E-state index contributed by atoms with van der Waals surface area (Å²) < 4.78 is 21.1. The molecule has 0 aliphatic heterocycles. The molecule has 8 heteroatoms. The minimum Gasteiger partial charge on any atom is -0.408 e. The third-order valence-corrected chi connectivity index (χ3v) is 4.30. The molecule has 0 unspecified atom stereocenters. The number of hydrogen-bond donors (Lipinski definition) is 1. The van der Waals surface area contributed by atoms with Gasteiger partial charge in [-0.2, -0.15) is 5.10 Å². The molecule has 1 amide bonds. The fourth-order valence-electron chi connectivity index (χ4n) is 2.87. The van der Waals surface area contributed by atoms with Gasteiger partial charge in [-0.15, -0.1) is 0 Å².